The number of carbonyl (C=O) groups excluding carboxylic acids is 2. The minimum absolute atomic E-state index is 0.0569. The minimum atomic E-state index is -0.292. The Morgan fingerprint density at radius 2 is 1.92 bits per heavy atom. The van der Waals surface area contributed by atoms with Crippen molar-refractivity contribution in [2.75, 3.05) is 26.2 Å². The summed E-state index contributed by atoms with van der Waals surface area (Å²) in [6.45, 7) is 3.80. The van der Waals surface area contributed by atoms with Crippen LogP contribution in [-0.2, 0) is 11.2 Å². The lowest BCUT2D eigenvalue weighted by Gasteiger charge is -2.31. The van der Waals surface area contributed by atoms with Gasteiger partial charge in [0.05, 0.1) is 6.61 Å². The highest BCUT2D eigenvalue weighted by atomic mass is 19.1. The molecule has 1 aromatic carbocycles. The Kier molecular flexibility index (Phi) is 6.84. The second kappa shape index (κ2) is 9.10. The first-order valence-electron chi connectivity index (χ1n) is 8.29. The first kappa shape index (κ1) is 18.0. The van der Waals surface area contributed by atoms with E-state index in [0.717, 1.165) is 5.56 Å². The van der Waals surface area contributed by atoms with Crippen molar-refractivity contribution in [2.45, 2.75) is 32.2 Å². The maximum atomic E-state index is 12.8. The van der Waals surface area contributed by atoms with Crippen LogP contribution in [0.1, 0.15) is 25.3 Å². The predicted molar refractivity (Wildman–Crippen MR) is 88.3 cm³/mol. The number of urea groups is 1. The number of benzene rings is 1. The van der Waals surface area contributed by atoms with Crippen LogP contribution in [0.3, 0.4) is 0 Å². The van der Waals surface area contributed by atoms with Crippen molar-refractivity contribution in [3.05, 3.63) is 35.6 Å². The summed E-state index contributed by atoms with van der Waals surface area (Å²) in [5, 5.41) is 5.72. The van der Waals surface area contributed by atoms with Gasteiger partial charge in [0.25, 0.3) is 0 Å². The molecule has 0 radical (unpaired) electrons. The fourth-order valence-electron chi connectivity index (χ4n) is 2.63. The van der Waals surface area contributed by atoms with Crippen LogP contribution >= 0.6 is 0 Å². The molecular weight excluding hydrogens is 313 g/mol. The van der Waals surface area contributed by atoms with E-state index in [4.69, 9.17) is 4.74 Å². The van der Waals surface area contributed by atoms with Crippen LogP contribution in [0.15, 0.2) is 24.3 Å². The Morgan fingerprint density at radius 3 is 2.54 bits per heavy atom. The van der Waals surface area contributed by atoms with Crippen molar-refractivity contribution in [2.24, 2.45) is 0 Å². The zero-order chi connectivity index (χ0) is 17.4. The number of rotatable bonds is 5. The number of likely N-dealkylation sites (tertiary alicyclic amines) is 1. The molecule has 24 heavy (non-hydrogen) atoms. The highest BCUT2D eigenvalue weighted by Crippen LogP contribution is 2.11. The summed E-state index contributed by atoms with van der Waals surface area (Å²) >= 11 is 0. The molecule has 1 aliphatic rings. The van der Waals surface area contributed by atoms with Gasteiger partial charge in [-0.1, -0.05) is 12.1 Å². The number of nitrogens with zero attached hydrogens (tertiary/aromatic N) is 1. The first-order chi connectivity index (χ1) is 11.6. The van der Waals surface area contributed by atoms with Crippen LogP contribution in [0.2, 0.25) is 0 Å². The van der Waals surface area contributed by atoms with E-state index in [0.29, 0.717) is 45.5 Å². The molecule has 1 fully saturated rings. The lowest BCUT2D eigenvalue weighted by Crippen LogP contribution is -2.49. The molecular formula is C17H24FN3O3. The van der Waals surface area contributed by atoms with Crippen LogP contribution in [0.4, 0.5) is 14.0 Å². The van der Waals surface area contributed by atoms with Crippen LogP contribution in [0.5, 0.6) is 0 Å². The van der Waals surface area contributed by atoms with Crippen molar-refractivity contribution in [1.29, 1.82) is 0 Å². The lowest BCUT2D eigenvalue weighted by molar-refractivity contribution is 0.0957. The largest absolute Gasteiger partial charge is 0.450 e. The number of hydrogen-bond acceptors (Lipinski definition) is 3. The second-order valence-corrected chi connectivity index (χ2v) is 5.74. The number of hydrogen-bond donors (Lipinski definition) is 2. The van der Waals surface area contributed by atoms with Gasteiger partial charge in [-0.25, -0.2) is 14.0 Å². The fraction of sp³-hybridized carbons (Fsp3) is 0.529. The molecule has 0 bridgehead atoms. The van der Waals surface area contributed by atoms with Crippen LogP contribution in [0.25, 0.3) is 0 Å². The van der Waals surface area contributed by atoms with Gasteiger partial charge >= 0.3 is 12.1 Å². The third-order valence-electron chi connectivity index (χ3n) is 3.97. The molecule has 0 unspecified atom stereocenters. The van der Waals surface area contributed by atoms with Gasteiger partial charge in [-0.3, -0.25) is 0 Å². The van der Waals surface area contributed by atoms with E-state index in [-0.39, 0.29) is 24.0 Å². The molecule has 0 spiro atoms. The molecule has 2 N–H and O–H groups in total. The van der Waals surface area contributed by atoms with Crippen LogP contribution in [0, 0.1) is 5.82 Å². The van der Waals surface area contributed by atoms with E-state index in [1.54, 1.807) is 24.0 Å². The van der Waals surface area contributed by atoms with Gasteiger partial charge < -0.3 is 20.3 Å². The molecule has 132 valence electrons. The maximum Gasteiger partial charge on any atom is 0.409 e. The number of halogens is 1. The van der Waals surface area contributed by atoms with Crippen molar-refractivity contribution < 1.29 is 18.7 Å². The molecule has 2 rings (SSSR count). The molecule has 1 saturated heterocycles. The van der Waals surface area contributed by atoms with E-state index in [1.165, 1.54) is 12.1 Å². The Bertz CT molecular complexity index is 543. The Morgan fingerprint density at radius 1 is 1.25 bits per heavy atom. The van der Waals surface area contributed by atoms with Gasteiger partial charge in [0.15, 0.2) is 0 Å². The Hall–Kier alpha value is -2.31. The van der Waals surface area contributed by atoms with Crippen LogP contribution < -0.4 is 10.6 Å². The van der Waals surface area contributed by atoms with E-state index in [2.05, 4.69) is 10.6 Å². The highest BCUT2D eigenvalue weighted by molar-refractivity contribution is 5.74. The zero-order valence-electron chi connectivity index (χ0n) is 13.9. The minimum Gasteiger partial charge on any atom is -0.450 e. The topological polar surface area (TPSA) is 70.7 Å². The molecule has 3 amide bonds. The average Bonchev–Trinajstić information content (AvgIpc) is 2.57. The second-order valence-electron chi connectivity index (χ2n) is 5.74. The summed E-state index contributed by atoms with van der Waals surface area (Å²) in [6.07, 6.45) is 1.78. The lowest BCUT2D eigenvalue weighted by atomic mass is 10.1. The normalized spacial score (nSPS) is 15.0. The molecule has 0 atom stereocenters. The summed E-state index contributed by atoms with van der Waals surface area (Å²) in [5.74, 6) is -0.265. The summed E-state index contributed by atoms with van der Waals surface area (Å²) in [4.78, 5) is 25.2. The predicted octanol–water partition coefficient (Wildman–Crippen LogP) is 2.29. The van der Waals surface area contributed by atoms with Gasteiger partial charge in [-0.15, -0.1) is 0 Å². The number of carbonyl (C=O) groups is 2. The highest BCUT2D eigenvalue weighted by Gasteiger charge is 2.24. The van der Waals surface area contributed by atoms with Crippen molar-refractivity contribution in [1.82, 2.24) is 15.5 Å². The average molecular weight is 337 g/mol. The molecule has 1 heterocycles. The Labute approximate surface area is 141 Å². The summed E-state index contributed by atoms with van der Waals surface area (Å²) in [7, 11) is 0. The monoisotopic (exact) mass is 337 g/mol. The molecule has 6 nitrogen and oxygen atoms in total. The first-order valence-corrected chi connectivity index (χ1v) is 8.29. The number of nitrogens with one attached hydrogen (secondary N) is 2. The van der Waals surface area contributed by atoms with E-state index in [1.807, 2.05) is 0 Å². The van der Waals surface area contributed by atoms with Crippen molar-refractivity contribution in [3.63, 3.8) is 0 Å². The number of piperidine rings is 1. The van der Waals surface area contributed by atoms with Crippen molar-refractivity contribution in [3.8, 4) is 0 Å². The molecule has 1 aliphatic heterocycles. The van der Waals surface area contributed by atoms with Crippen molar-refractivity contribution >= 4 is 12.1 Å². The molecule has 0 aromatic heterocycles. The smallest absolute Gasteiger partial charge is 0.409 e. The van der Waals surface area contributed by atoms with Gasteiger partial charge in [-0.05, 0) is 43.9 Å². The fourth-order valence-corrected chi connectivity index (χ4v) is 2.63. The molecule has 1 aromatic rings. The van der Waals surface area contributed by atoms with Crippen LogP contribution in [-0.4, -0.2) is 49.3 Å². The summed E-state index contributed by atoms with van der Waals surface area (Å²) in [5.41, 5.74) is 0.972. The standard InChI is InChI=1S/C17H24FN3O3/c1-2-24-17(23)21-11-8-15(9-12-21)20-16(22)19-10-7-13-3-5-14(18)6-4-13/h3-6,15H,2,7-12H2,1H3,(H2,19,20,22). The van der Waals surface area contributed by atoms with Gasteiger partial charge in [0.2, 0.25) is 0 Å². The maximum absolute atomic E-state index is 12.8. The molecule has 0 saturated carbocycles. The number of amides is 3. The molecule has 0 aliphatic carbocycles. The molecule has 7 heteroatoms. The van der Waals surface area contributed by atoms with E-state index in [9.17, 15) is 14.0 Å². The Balaban J connectivity index is 1.63. The van der Waals surface area contributed by atoms with Gasteiger partial charge in [0, 0.05) is 25.7 Å². The summed E-state index contributed by atoms with van der Waals surface area (Å²) < 4.78 is 17.8. The summed E-state index contributed by atoms with van der Waals surface area (Å²) in [6, 6.07) is 6.08. The zero-order valence-corrected chi connectivity index (χ0v) is 13.9. The quantitative estimate of drug-likeness (QED) is 0.866. The van der Waals surface area contributed by atoms with Gasteiger partial charge in [-0.2, -0.15) is 0 Å². The third kappa shape index (κ3) is 5.72. The number of ether oxygens (including phenoxy) is 1. The third-order valence-corrected chi connectivity index (χ3v) is 3.97. The van der Waals surface area contributed by atoms with E-state index >= 15 is 0 Å². The van der Waals surface area contributed by atoms with E-state index < -0.39 is 0 Å². The van der Waals surface area contributed by atoms with Gasteiger partial charge in [0.1, 0.15) is 5.82 Å². The SMILES string of the molecule is CCOC(=O)N1CCC(NC(=O)NCCc2ccc(F)cc2)CC1.